The van der Waals surface area contributed by atoms with Gasteiger partial charge in [-0.3, -0.25) is 4.99 Å². The summed E-state index contributed by atoms with van der Waals surface area (Å²) in [7, 11) is 1.86. The van der Waals surface area contributed by atoms with Gasteiger partial charge in [-0.2, -0.15) is 0 Å². The van der Waals surface area contributed by atoms with Crippen LogP contribution in [0.3, 0.4) is 0 Å². The minimum atomic E-state index is 0. The molecule has 25 heavy (non-hydrogen) atoms. The number of rotatable bonds is 8. The number of nitrogens with zero attached hydrogens (tertiary/aromatic N) is 4. The molecular weight excluding hydrogens is 427 g/mol. The van der Waals surface area contributed by atoms with E-state index in [-0.39, 0.29) is 24.0 Å². The highest BCUT2D eigenvalue weighted by Gasteiger charge is 2.19. The van der Waals surface area contributed by atoms with Crippen molar-refractivity contribution in [1.82, 2.24) is 25.1 Å². The molecule has 2 N–H and O–H groups in total. The molecule has 0 bridgehead atoms. The fraction of sp³-hybridized carbons (Fsp3) is 0.778. The molecule has 6 nitrogen and oxygen atoms in total. The second-order valence-electron chi connectivity index (χ2n) is 6.63. The zero-order valence-electron chi connectivity index (χ0n) is 16.0. The normalized spacial score (nSPS) is 16.5. The topological polar surface area (TPSA) is 57.5 Å². The molecule has 2 heterocycles. The van der Waals surface area contributed by atoms with E-state index in [0.29, 0.717) is 6.04 Å². The van der Waals surface area contributed by atoms with Crippen LogP contribution in [0, 0.1) is 6.92 Å². The van der Waals surface area contributed by atoms with Crippen LogP contribution < -0.4 is 10.6 Å². The Kier molecular flexibility index (Phi) is 11.1. The molecule has 0 atom stereocenters. The zero-order chi connectivity index (χ0) is 17.2. The fourth-order valence-corrected chi connectivity index (χ4v) is 3.26. The second-order valence-corrected chi connectivity index (χ2v) is 6.63. The maximum atomic E-state index is 4.36. The summed E-state index contributed by atoms with van der Waals surface area (Å²) in [5.74, 6) is 2.04. The quantitative estimate of drug-likeness (QED) is 0.270. The molecule has 1 saturated heterocycles. The summed E-state index contributed by atoms with van der Waals surface area (Å²) in [4.78, 5) is 11.2. The van der Waals surface area contributed by atoms with Crippen LogP contribution in [0.25, 0.3) is 0 Å². The van der Waals surface area contributed by atoms with Crippen molar-refractivity contribution < 1.29 is 0 Å². The molecule has 2 rings (SSSR count). The third-order valence-electron chi connectivity index (χ3n) is 4.73. The van der Waals surface area contributed by atoms with Gasteiger partial charge in [0, 0.05) is 51.7 Å². The molecule has 0 aliphatic carbocycles. The minimum Gasteiger partial charge on any atom is -0.356 e. The smallest absolute Gasteiger partial charge is 0.191 e. The van der Waals surface area contributed by atoms with Crippen molar-refractivity contribution in [1.29, 1.82) is 0 Å². The van der Waals surface area contributed by atoms with Gasteiger partial charge in [-0.25, -0.2) is 4.98 Å². The second kappa shape index (κ2) is 12.5. The number of guanidine groups is 1. The Morgan fingerprint density at radius 1 is 1.28 bits per heavy atom. The lowest BCUT2D eigenvalue weighted by Crippen LogP contribution is -2.48. The summed E-state index contributed by atoms with van der Waals surface area (Å²) >= 11 is 0. The van der Waals surface area contributed by atoms with Gasteiger partial charge in [-0.15, -0.1) is 24.0 Å². The van der Waals surface area contributed by atoms with E-state index in [1.165, 1.54) is 38.9 Å². The standard InChI is InChI=1S/C18H34N6.HI/c1-4-11-23-13-7-17(8-14-23)22-18(19-3)21-9-5-6-12-24-15-10-20-16(24)2;/h10,15,17H,4-9,11-14H2,1-3H3,(H2,19,21,22);1H. The molecule has 1 fully saturated rings. The molecule has 0 amide bonds. The van der Waals surface area contributed by atoms with Gasteiger partial charge in [-0.05, 0) is 45.6 Å². The van der Waals surface area contributed by atoms with E-state index in [1.54, 1.807) is 0 Å². The van der Waals surface area contributed by atoms with Crippen molar-refractivity contribution in [2.45, 2.75) is 58.5 Å². The summed E-state index contributed by atoms with van der Waals surface area (Å²) in [6.45, 7) is 9.94. The molecule has 1 aliphatic heterocycles. The van der Waals surface area contributed by atoms with E-state index in [2.05, 4.69) is 43.9 Å². The molecular formula is C18H35IN6. The van der Waals surface area contributed by atoms with E-state index >= 15 is 0 Å². The van der Waals surface area contributed by atoms with Gasteiger partial charge in [0.1, 0.15) is 5.82 Å². The predicted molar refractivity (Wildman–Crippen MR) is 116 cm³/mol. The maximum absolute atomic E-state index is 4.36. The number of hydrogen-bond acceptors (Lipinski definition) is 3. The predicted octanol–water partition coefficient (Wildman–Crippen LogP) is 2.63. The van der Waals surface area contributed by atoms with Gasteiger partial charge in [0.15, 0.2) is 5.96 Å². The van der Waals surface area contributed by atoms with Crippen LogP contribution in [0.2, 0.25) is 0 Å². The molecule has 0 aromatic carbocycles. The van der Waals surface area contributed by atoms with Gasteiger partial charge >= 0.3 is 0 Å². The molecule has 0 spiro atoms. The highest BCUT2D eigenvalue weighted by atomic mass is 127. The van der Waals surface area contributed by atoms with Crippen molar-refractivity contribution >= 4 is 29.9 Å². The van der Waals surface area contributed by atoms with E-state index < -0.39 is 0 Å². The zero-order valence-corrected chi connectivity index (χ0v) is 18.3. The summed E-state index contributed by atoms with van der Waals surface area (Å²) in [5.41, 5.74) is 0. The maximum Gasteiger partial charge on any atom is 0.191 e. The molecule has 0 saturated carbocycles. The van der Waals surface area contributed by atoms with Crippen LogP contribution in [0.4, 0.5) is 0 Å². The summed E-state index contributed by atoms with van der Waals surface area (Å²) in [5, 5.41) is 7.03. The number of nitrogens with one attached hydrogen (secondary N) is 2. The first kappa shape index (κ1) is 22.2. The van der Waals surface area contributed by atoms with E-state index in [4.69, 9.17) is 0 Å². The molecule has 0 unspecified atom stereocenters. The van der Waals surface area contributed by atoms with Gasteiger partial charge < -0.3 is 20.1 Å². The third kappa shape index (κ3) is 7.94. The molecule has 0 radical (unpaired) electrons. The van der Waals surface area contributed by atoms with Crippen LogP contribution in [0.5, 0.6) is 0 Å². The van der Waals surface area contributed by atoms with Gasteiger partial charge in [-0.1, -0.05) is 6.92 Å². The van der Waals surface area contributed by atoms with Crippen molar-refractivity contribution in [2.75, 3.05) is 33.2 Å². The lowest BCUT2D eigenvalue weighted by molar-refractivity contribution is 0.206. The van der Waals surface area contributed by atoms with Gasteiger partial charge in [0.25, 0.3) is 0 Å². The molecule has 1 aromatic heterocycles. The minimum absolute atomic E-state index is 0. The van der Waals surface area contributed by atoms with Crippen LogP contribution in [0.15, 0.2) is 17.4 Å². The Labute approximate surface area is 169 Å². The number of unbranched alkanes of at least 4 members (excludes halogenated alkanes) is 1. The Hall–Kier alpha value is -0.830. The highest BCUT2D eigenvalue weighted by Crippen LogP contribution is 2.10. The first-order valence-electron chi connectivity index (χ1n) is 9.40. The Bertz CT molecular complexity index is 494. The largest absolute Gasteiger partial charge is 0.356 e. The van der Waals surface area contributed by atoms with Crippen molar-refractivity contribution in [3.05, 3.63) is 18.2 Å². The Morgan fingerprint density at radius 3 is 2.64 bits per heavy atom. The molecule has 1 aliphatic rings. The van der Waals surface area contributed by atoms with Crippen LogP contribution in [0.1, 0.15) is 44.9 Å². The molecule has 7 heteroatoms. The Morgan fingerprint density at radius 2 is 2.04 bits per heavy atom. The number of aromatic nitrogens is 2. The van der Waals surface area contributed by atoms with Crippen molar-refractivity contribution in [2.24, 2.45) is 4.99 Å². The third-order valence-corrected chi connectivity index (χ3v) is 4.73. The van der Waals surface area contributed by atoms with Crippen molar-refractivity contribution in [3.8, 4) is 0 Å². The van der Waals surface area contributed by atoms with E-state index in [0.717, 1.165) is 37.7 Å². The number of aryl methyl sites for hydroxylation is 2. The van der Waals surface area contributed by atoms with Crippen LogP contribution in [-0.4, -0.2) is 59.7 Å². The summed E-state index contributed by atoms with van der Waals surface area (Å²) in [6.07, 6.45) is 9.87. The van der Waals surface area contributed by atoms with Crippen molar-refractivity contribution in [3.63, 3.8) is 0 Å². The number of halogens is 1. The lowest BCUT2D eigenvalue weighted by atomic mass is 10.1. The van der Waals surface area contributed by atoms with Gasteiger partial charge in [0.2, 0.25) is 0 Å². The Balaban J connectivity index is 0.00000312. The SMILES string of the molecule is CCCN1CCC(NC(=NC)NCCCCn2ccnc2C)CC1.I. The lowest BCUT2D eigenvalue weighted by Gasteiger charge is -2.32. The first-order chi connectivity index (χ1) is 11.7. The molecule has 144 valence electrons. The number of hydrogen-bond donors (Lipinski definition) is 2. The first-order valence-corrected chi connectivity index (χ1v) is 9.40. The number of piperidine rings is 1. The summed E-state index contributed by atoms with van der Waals surface area (Å²) in [6, 6.07) is 0.554. The average molecular weight is 462 g/mol. The van der Waals surface area contributed by atoms with Crippen LogP contribution >= 0.6 is 24.0 Å². The number of likely N-dealkylation sites (tertiary alicyclic amines) is 1. The average Bonchev–Trinajstić information content (AvgIpc) is 3.00. The molecule has 1 aromatic rings. The van der Waals surface area contributed by atoms with E-state index in [9.17, 15) is 0 Å². The highest BCUT2D eigenvalue weighted by molar-refractivity contribution is 14.0. The summed E-state index contributed by atoms with van der Waals surface area (Å²) < 4.78 is 2.21. The van der Waals surface area contributed by atoms with Crippen LogP contribution in [-0.2, 0) is 6.54 Å². The number of imidazole rings is 1. The monoisotopic (exact) mass is 462 g/mol. The fourth-order valence-electron chi connectivity index (χ4n) is 3.26. The van der Waals surface area contributed by atoms with Gasteiger partial charge in [0.05, 0.1) is 0 Å². The van der Waals surface area contributed by atoms with E-state index in [1.807, 2.05) is 19.4 Å². The number of aliphatic imine (C=N–C) groups is 1.